The number of Topliss-reactive ketones (excluding diaryl/α,β-unsaturated/α-hetero) is 1. The van der Waals surface area contributed by atoms with E-state index in [2.05, 4.69) is 5.32 Å². The van der Waals surface area contributed by atoms with Crippen LogP contribution in [0.5, 0.6) is 0 Å². The van der Waals surface area contributed by atoms with Crippen molar-refractivity contribution in [1.82, 2.24) is 5.32 Å². The lowest BCUT2D eigenvalue weighted by atomic mass is 9.74. The van der Waals surface area contributed by atoms with Gasteiger partial charge in [0.25, 0.3) is 5.91 Å². The number of hydrogen-bond acceptors (Lipinski definition) is 4. The zero-order chi connectivity index (χ0) is 15.9. The molecular weight excluding hydrogens is 286 g/mol. The van der Waals surface area contributed by atoms with E-state index in [-0.39, 0.29) is 18.0 Å². The van der Waals surface area contributed by atoms with Gasteiger partial charge in [0.15, 0.2) is 11.5 Å². The minimum Gasteiger partial charge on any atom is -0.481 e. The summed E-state index contributed by atoms with van der Waals surface area (Å²) in [6, 6.07) is 0. The molecule has 3 rings (SSSR count). The normalized spacial score (nSPS) is 19.2. The SMILES string of the molecule is Cc1c(C(=O)NC2(CC(=O)O)CCC2)oc2c1C(=O)CCC2. The zero-order valence-corrected chi connectivity index (χ0v) is 12.5. The van der Waals surface area contributed by atoms with Crippen molar-refractivity contribution < 1.29 is 23.9 Å². The zero-order valence-electron chi connectivity index (χ0n) is 12.5. The molecule has 1 saturated carbocycles. The van der Waals surface area contributed by atoms with Gasteiger partial charge in [0.05, 0.1) is 17.5 Å². The minimum atomic E-state index is -0.925. The van der Waals surface area contributed by atoms with Crippen LogP contribution in [0.4, 0.5) is 0 Å². The van der Waals surface area contributed by atoms with E-state index < -0.39 is 17.4 Å². The van der Waals surface area contributed by atoms with E-state index >= 15 is 0 Å². The average molecular weight is 305 g/mol. The molecule has 0 aromatic carbocycles. The van der Waals surface area contributed by atoms with Gasteiger partial charge in [0, 0.05) is 18.4 Å². The Hall–Kier alpha value is -2.11. The molecule has 22 heavy (non-hydrogen) atoms. The van der Waals surface area contributed by atoms with Crippen molar-refractivity contribution in [3.8, 4) is 0 Å². The van der Waals surface area contributed by atoms with Crippen LogP contribution in [0.2, 0.25) is 0 Å². The number of aliphatic carboxylic acids is 1. The summed E-state index contributed by atoms with van der Waals surface area (Å²) in [4.78, 5) is 35.4. The predicted molar refractivity (Wildman–Crippen MR) is 77.0 cm³/mol. The van der Waals surface area contributed by atoms with E-state index in [1.807, 2.05) is 0 Å². The first-order valence-electron chi connectivity index (χ1n) is 7.62. The van der Waals surface area contributed by atoms with Gasteiger partial charge in [-0.05, 0) is 32.6 Å². The Bertz CT molecular complexity index is 654. The highest BCUT2D eigenvalue weighted by molar-refractivity contribution is 6.03. The molecule has 6 heteroatoms. The molecule has 0 radical (unpaired) electrons. The van der Waals surface area contributed by atoms with E-state index in [9.17, 15) is 14.4 Å². The summed E-state index contributed by atoms with van der Waals surface area (Å²) in [5.74, 6) is -0.589. The number of fused-ring (bicyclic) bond motifs is 1. The summed E-state index contributed by atoms with van der Waals surface area (Å²) >= 11 is 0. The van der Waals surface area contributed by atoms with E-state index in [0.29, 0.717) is 42.6 Å². The van der Waals surface area contributed by atoms with Crippen LogP contribution in [0.1, 0.15) is 70.8 Å². The first-order chi connectivity index (χ1) is 10.4. The number of furan rings is 1. The van der Waals surface area contributed by atoms with Crippen LogP contribution >= 0.6 is 0 Å². The number of aryl methyl sites for hydroxylation is 1. The summed E-state index contributed by atoms with van der Waals surface area (Å²) in [5.41, 5.74) is 0.437. The molecule has 0 spiro atoms. The monoisotopic (exact) mass is 305 g/mol. The standard InChI is InChI=1S/C16H19NO5/c1-9-13-10(18)4-2-5-11(13)22-14(9)15(21)17-16(6-3-7-16)8-12(19)20/h2-8H2,1H3,(H,17,21)(H,19,20). The van der Waals surface area contributed by atoms with Crippen molar-refractivity contribution in [2.75, 3.05) is 0 Å². The van der Waals surface area contributed by atoms with Crippen molar-refractivity contribution in [3.63, 3.8) is 0 Å². The molecule has 2 aliphatic rings. The Morgan fingerprint density at radius 2 is 2.00 bits per heavy atom. The lowest BCUT2D eigenvalue weighted by Crippen LogP contribution is -2.54. The van der Waals surface area contributed by atoms with Crippen LogP contribution in [0, 0.1) is 6.92 Å². The van der Waals surface area contributed by atoms with Crippen LogP contribution in [0.3, 0.4) is 0 Å². The fourth-order valence-electron chi connectivity index (χ4n) is 3.40. The van der Waals surface area contributed by atoms with Crippen LogP contribution in [0.15, 0.2) is 4.42 Å². The summed E-state index contributed by atoms with van der Waals surface area (Å²) in [7, 11) is 0. The molecule has 1 heterocycles. The minimum absolute atomic E-state index is 0.0189. The van der Waals surface area contributed by atoms with Crippen molar-refractivity contribution in [2.45, 2.75) is 57.4 Å². The number of carbonyl (C=O) groups excluding carboxylic acids is 2. The Morgan fingerprint density at radius 1 is 1.27 bits per heavy atom. The maximum atomic E-state index is 12.5. The van der Waals surface area contributed by atoms with Gasteiger partial charge in [-0.25, -0.2) is 0 Å². The number of carboxylic acids is 1. The third-order valence-corrected chi connectivity index (χ3v) is 4.69. The summed E-state index contributed by atoms with van der Waals surface area (Å²) < 4.78 is 5.61. The van der Waals surface area contributed by atoms with Crippen molar-refractivity contribution in [3.05, 3.63) is 22.6 Å². The van der Waals surface area contributed by atoms with E-state index in [1.165, 1.54) is 0 Å². The lowest BCUT2D eigenvalue weighted by molar-refractivity contribution is -0.139. The van der Waals surface area contributed by atoms with Gasteiger partial charge in [-0.1, -0.05) is 0 Å². The molecule has 2 N–H and O–H groups in total. The molecule has 2 aliphatic carbocycles. The highest BCUT2D eigenvalue weighted by Gasteiger charge is 2.41. The number of rotatable bonds is 4. The van der Waals surface area contributed by atoms with Gasteiger partial charge in [-0.3, -0.25) is 14.4 Å². The van der Waals surface area contributed by atoms with E-state index in [0.717, 1.165) is 12.8 Å². The Labute approximate surface area is 127 Å². The van der Waals surface area contributed by atoms with Crippen LogP contribution < -0.4 is 5.32 Å². The van der Waals surface area contributed by atoms with Gasteiger partial charge in [-0.15, -0.1) is 0 Å². The second kappa shape index (κ2) is 5.26. The molecular formula is C16H19NO5. The summed E-state index contributed by atoms with van der Waals surface area (Å²) in [6.45, 7) is 1.71. The summed E-state index contributed by atoms with van der Waals surface area (Å²) in [6.07, 6.45) is 4.01. The number of nitrogens with one attached hydrogen (secondary N) is 1. The topological polar surface area (TPSA) is 96.6 Å². The number of ketones is 1. The number of carboxylic acid groups (broad SMARTS) is 1. The fourth-order valence-corrected chi connectivity index (χ4v) is 3.40. The third-order valence-electron chi connectivity index (χ3n) is 4.69. The number of carbonyl (C=O) groups is 3. The highest BCUT2D eigenvalue weighted by atomic mass is 16.4. The average Bonchev–Trinajstić information content (AvgIpc) is 2.74. The molecule has 1 aromatic heterocycles. The van der Waals surface area contributed by atoms with Gasteiger partial charge in [-0.2, -0.15) is 0 Å². The lowest BCUT2D eigenvalue weighted by Gasteiger charge is -2.41. The van der Waals surface area contributed by atoms with Gasteiger partial charge < -0.3 is 14.8 Å². The van der Waals surface area contributed by atoms with E-state index in [4.69, 9.17) is 9.52 Å². The molecule has 0 unspecified atom stereocenters. The third kappa shape index (κ3) is 2.42. The summed E-state index contributed by atoms with van der Waals surface area (Å²) in [5, 5.41) is 11.8. The second-order valence-electron chi connectivity index (χ2n) is 6.29. The maximum Gasteiger partial charge on any atom is 0.305 e. The maximum absolute atomic E-state index is 12.5. The Kier molecular flexibility index (Phi) is 3.54. The van der Waals surface area contributed by atoms with Crippen LogP contribution in [0.25, 0.3) is 0 Å². The van der Waals surface area contributed by atoms with Gasteiger partial charge in [0.1, 0.15) is 5.76 Å². The Balaban J connectivity index is 1.84. The quantitative estimate of drug-likeness (QED) is 0.889. The van der Waals surface area contributed by atoms with Gasteiger partial charge in [0.2, 0.25) is 0 Å². The molecule has 6 nitrogen and oxygen atoms in total. The largest absolute Gasteiger partial charge is 0.481 e. The molecule has 0 bridgehead atoms. The van der Waals surface area contributed by atoms with Gasteiger partial charge >= 0.3 is 5.97 Å². The predicted octanol–water partition coefficient (Wildman–Crippen LogP) is 2.23. The van der Waals surface area contributed by atoms with E-state index in [1.54, 1.807) is 6.92 Å². The molecule has 0 saturated heterocycles. The van der Waals surface area contributed by atoms with Crippen molar-refractivity contribution >= 4 is 17.7 Å². The molecule has 0 aliphatic heterocycles. The first-order valence-corrected chi connectivity index (χ1v) is 7.62. The number of hydrogen-bond donors (Lipinski definition) is 2. The Morgan fingerprint density at radius 3 is 2.55 bits per heavy atom. The second-order valence-corrected chi connectivity index (χ2v) is 6.29. The van der Waals surface area contributed by atoms with Crippen LogP contribution in [-0.4, -0.2) is 28.3 Å². The molecule has 1 fully saturated rings. The molecule has 118 valence electrons. The fraction of sp³-hybridized carbons (Fsp3) is 0.562. The molecule has 1 aromatic rings. The van der Waals surface area contributed by atoms with Crippen molar-refractivity contribution in [1.29, 1.82) is 0 Å². The number of amides is 1. The first kappa shape index (κ1) is 14.8. The molecule has 1 amide bonds. The molecule has 0 atom stereocenters. The highest BCUT2D eigenvalue weighted by Crippen LogP contribution is 2.36. The van der Waals surface area contributed by atoms with Crippen molar-refractivity contribution in [2.24, 2.45) is 0 Å². The van der Waals surface area contributed by atoms with Crippen LogP contribution in [-0.2, 0) is 11.2 Å². The smallest absolute Gasteiger partial charge is 0.305 e.